The molecule has 0 aliphatic heterocycles. The van der Waals surface area contributed by atoms with E-state index in [-0.39, 0.29) is 5.56 Å². The molecular weight excluding hydrogens is 224 g/mol. The molecule has 0 atom stereocenters. The van der Waals surface area contributed by atoms with E-state index >= 15 is 0 Å². The summed E-state index contributed by atoms with van der Waals surface area (Å²) >= 11 is 0. The molecule has 0 unspecified atom stereocenters. The minimum absolute atomic E-state index is 0.00868. The second kappa shape index (κ2) is 4.11. The Balaban J connectivity index is 2.28. The van der Waals surface area contributed by atoms with Crippen molar-refractivity contribution < 1.29 is 0 Å². The van der Waals surface area contributed by atoms with Gasteiger partial charge in [0.1, 0.15) is 0 Å². The number of rotatable bonds is 1. The van der Waals surface area contributed by atoms with E-state index in [0.29, 0.717) is 0 Å². The molecule has 0 saturated heterocycles. The molecule has 88 valence electrons. The first-order valence-corrected chi connectivity index (χ1v) is 5.76. The molecule has 0 saturated carbocycles. The minimum atomic E-state index is 0.00868. The normalized spacial score (nSPS) is 10.7. The van der Waals surface area contributed by atoms with E-state index in [1.165, 1.54) is 0 Å². The van der Waals surface area contributed by atoms with Crippen LogP contribution in [0.3, 0.4) is 0 Å². The SMILES string of the molecule is Cn1c(=O)ccc2ccc(-c3ccncc3)cc21. The molecule has 2 aromatic heterocycles. The van der Waals surface area contributed by atoms with Crippen molar-refractivity contribution in [1.82, 2.24) is 9.55 Å². The number of nitrogens with zero attached hydrogens (tertiary/aromatic N) is 2. The van der Waals surface area contributed by atoms with E-state index in [1.807, 2.05) is 30.3 Å². The van der Waals surface area contributed by atoms with Crippen molar-refractivity contribution in [2.45, 2.75) is 0 Å². The average Bonchev–Trinajstić information content (AvgIpc) is 2.44. The van der Waals surface area contributed by atoms with Gasteiger partial charge in [-0.05, 0) is 40.8 Å². The average molecular weight is 236 g/mol. The molecule has 3 heteroatoms. The smallest absolute Gasteiger partial charge is 0.250 e. The van der Waals surface area contributed by atoms with Crippen molar-refractivity contribution in [3.05, 3.63) is 65.2 Å². The zero-order valence-corrected chi connectivity index (χ0v) is 10.00. The predicted octanol–water partition coefficient (Wildman–Crippen LogP) is 2.60. The second-order valence-electron chi connectivity index (χ2n) is 4.24. The maximum Gasteiger partial charge on any atom is 0.250 e. The first kappa shape index (κ1) is 10.7. The number of pyridine rings is 2. The number of fused-ring (bicyclic) bond motifs is 1. The van der Waals surface area contributed by atoms with Crippen LogP contribution in [0, 0.1) is 0 Å². The Morgan fingerprint density at radius 3 is 2.44 bits per heavy atom. The number of aromatic nitrogens is 2. The summed E-state index contributed by atoms with van der Waals surface area (Å²) < 4.78 is 1.67. The summed E-state index contributed by atoms with van der Waals surface area (Å²) in [6, 6.07) is 13.5. The maximum atomic E-state index is 11.6. The van der Waals surface area contributed by atoms with Crippen LogP contribution in [-0.2, 0) is 7.05 Å². The standard InChI is InChI=1S/C15H12N2O/c1-17-14-10-13(11-6-8-16-9-7-11)3-2-12(14)4-5-15(17)18/h2-10H,1H3. The monoisotopic (exact) mass is 236 g/mol. The lowest BCUT2D eigenvalue weighted by atomic mass is 10.0. The summed E-state index contributed by atoms with van der Waals surface area (Å²) in [5, 5.41) is 1.06. The minimum Gasteiger partial charge on any atom is -0.311 e. The van der Waals surface area contributed by atoms with Gasteiger partial charge >= 0.3 is 0 Å². The fourth-order valence-corrected chi connectivity index (χ4v) is 2.09. The summed E-state index contributed by atoms with van der Waals surface area (Å²) in [6.45, 7) is 0. The van der Waals surface area contributed by atoms with Gasteiger partial charge in [0.25, 0.3) is 5.56 Å². The van der Waals surface area contributed by atoms with Crippen LogP contribution >= 0.6 is 0 Å². The van der Waals surface area contributed by atoms with E-state index < -0.39 is 0 Å². The van der Waals surface area contributed by atoms with Crippen LogP contribution in [0.15, 0.2) is 59.7 Å². The van der Waals surface area contributed by atoms with Crippen molar-refractivity contribution in [2.24, 2.45) is 7.05 Å². The highest BCUT2D eigenvalue weighted by Crippen LogP contribution is 2.22. The van der Waals surface area contributed by atoms with Crippen molar-refractivity contribution >= 4 is 10.9 Å². The molecule has 0 fully saturated rings. The number of hydrogen-bond donors (Lipinski definition) is 0. The Bertz CT molecular complexity index is 760. The predicted molar refractivity (Wildman–Crippen MR) is 72.4 cm³/mol. The fraction of sp³-hybridized carbons (Fsp3) is 0.0667. The van der Waals surface area contributed by atoms with Crippen LogP contribution in [0.5, 0.6) is 0 Å². The molecule has 0 bridgehead atoms. The van der Waals surface area contributed by atoms with Crippen LogP contribution in [0.1, 0.15) is 0 Å². The molecular formula is C15H12N2O. The summed E-state index contributed by atoms with van der Waals surface area (Å²) in [7, 11) is 1.79. The Hall–Kier alpha value is -2.42. The van der Waals surface area contributed by atoms with Crippen molar-refractivity contribution in [3.63, 3.8) is 0 Å². The number of benzene rings is 1. The molecule has 0 spiro atoms. The lowest BCUT2D eigenvalue weighted by Crippen LogP contribution is -2.14. The van der Waals surface area contributed by atoms with E-state index in [9.17, 15) is 4.79 Å². The first-order valence-electron chi connectivity index (χ1n) is 5.76. The van der Waals surface area contributed by atoms with Gasteiger partial charge in [-0.2, -0.15) is 0 Å². The third-order valence-electron chi connectivity index (χ3n) is 3.14. The van der Waals surface area contributed by atoms with Gasteiger partial charge in [-0.25, -0.2) is 0 Å². The topological polar surface area (TPSA) is 34.9 Å². The lowest BCUT2D eigenvalue weighted by Gasteiger charge is -2.07. The molecule has 3 rings (SSSR count). The molecule has 18 heavy (non-hydrogen) atoms. The Labute approximate surface area is 104 Å². The first-order chi connectivity index (χ1) is 8.75. The largest absolute Gasteiger partial charge is 0.311 e. The summed E-state index contributed by atoms with van der Waals surface area (Å²) in [4.78, 5) is 15.6. The Morgan fingerprint density at radius 1 is 0.944 bits per heavy atom. The molecule has 0 amide bonds. The molecule has 0 radical (unpaired) electrons. The molecule has 3 aromatic rings. The van der Waals surface area contributed by atoms with Crippen molar-refractivity contribution in [2.75, 3.05) is 0 Å². The molecule has 1 aromatic carbocycles. The van der Waals surface area contributed by atoms with Gasteiger partial charge < -0.3 is 4.57 Å². The highest BCUT2D eigenvalue weighted by atomic mass is 16.1. The van der Waals surface area contributed by atoms with Gasteiger partial charge in [0.15, 0.2) is 0 Å². The van der Waals surface area contributed by atoms with Gasteiger partial charge in [0.2, 0.25) is 0 Å². The van der Waals surface area contributed by atoms with Crippen LogP contribution in [0.25, 0.3) is 22.0 Å². The summed E-state index contributed by atoms with van der Waals surface area (Å²) in [5.74, 6) is 0. The second-order valence-corrected chi connectivity index (χ2v) is 4.24. The zero-order chi connectivity index (χ0) is 12.5. The Kier molecular flexibility index (Phi) is 2.45. The van der Waals surface area contributed by atoms with Crippen LogP contribution in [0.4, 0.5) is 0 Å². The highest BCUT2D eigenvalue weighted by Gasteiger charge is 2.02. The molecule has 3 nitrogen and oxygen atoms in total. The van der Waals surface area contributed by atoms with Crippen molar-refractivity contribution in [3.8, 4) is 11.1 Å². The van der Waals surface area contributed by atoms with Gasteiger partial charge in [0, 0.05) is 25.5 Å². The highest BCUT2D eigenvalue weighted by molar-refractivity contribution is 5.84. The molecule has 2 heterocycles. The van der Waals surface area contributed by atoms with E-state index in [0.717, 1.165) is 22.0 Å². The van der Waals surface area contributed by atoms with Crippen LogP contribution < -0.4 is 5.56 Å². The summed E-state index contributed by atoms with van der Waals surface area (Å²) in [6.07, 6.45) is 3.53. The van der Waals surface area contributed by atoms with Gasteiger partial charge in [0.05, 0.1) is 5.52 Å². The van der Waals surface area contributed by atoms with Crippen LogP contribution in [-0.4, -0.2) is 9.55 Å². The molecule has 0 aliphatic rings. The van der Waals surface area contributed by atoms with Gasteiger partial charge in [-0.3, -0.25) is 9.78 Å². The number of hydrogen-bond acceptors (Lipinski definition) is 2. The quantitative estimate of drug-likeness (QED) is 0.651. The number of aryl methyl sites for hydroxylation is 1. The summed E-state index contributed by atoms with van der Waals surface area (Å²) in [5.41, 5.74) is 3.14. The van der Waals surface area contributed by atoms with Crippen molar-refractivity contribution in [1.29, 1.82) is 0 Å². The molecule has 0 aliphatic carbocycles. The maximum absolute atomic E-state index is 11.6. The Morgan fingerprint density at radius 2 is 1.67 bits per heavy atom. The van der Waals surface area contributed by atoms with E-state index in [2.05, 4.69) is 11.1 Å². The zero-order valence-electron chi connectivity index (χ0n) is 10.00. The third kappa shape index (κ3) is 1.70. The van der Waals surface area contributed by atoms with E-state index in [4.69, 9.17) is 0 Å². The van der Waals surface area contributed by atoms with Gasteiger partial charge in [-0.15, -0.1) is 0 Å². The lowest BCUT2D eigenvalue weighted by molar-refractivity contribution is 0.906. The fourth-order valence-electron chi connectivity index (χ4n) is 2.09. The van der Waals surface area contributed by atoms with E-state index in [1.54, 1.807) is 30.1 Å². The third-order valence-corrected chi connectivity index (χ3v) is 3.14. The van der Waals surface area contributed by atoms with Gasteiger partial charge in [-0.1, -0.05) is 12.1 Å². The molecule has 0 N–H and O–H groups in total. The van der Waals surface area contributed by atoms with Crippen LogP contribution in [0.2, 0.25) is 0 Å².